The summed E-state index contributed by atoms with van der Waals surface area (Å²) in [6.45, 7) is 0.678. The number of nitrogens with two attached hydrogens (primary N) is 1. The molecule has 1 aromatic heterocycles. The second-order valence-electron chi connectivity index (χ2n) is 5.18. The maximum Gasteiger partial charge on any atom is 0.0941 e. The van der Waals surface area contributed by atoms with Crippen molar-refractivity contribution >= 4 is 37.5 Å². The first-order valence-corrected chi connectivity index (χ1v) is 8.65. The number of benzene rings is 2. The molecular weight excluding hydrogens is 344 g/mol. The first-order chi connectivity index (χ1) is 10.3. The summed E-state index contributed by atoms with van der Waals surface area (Å²) in [4.78, 5) is 4.72. The second kappa shape index (κ2) is 6.69. The third kappa shape index (κ3) is 3.51. The van der Waals surface area contributed by atoms with Crippen molar-refractivity contribution in [2.24, 2.45) is 11.7 Å². The Labute approximate surface area is 137 Å². The first-order valence-electron chi connectivity index (χ1n) is 7.04. The molecule has 1 heterocycles. The Morgan fingerprint density at radius 1 is 1.05 bits per heavy atom. The molecule has 108 valence electrons. The molecule has 2 nitrogen and oxygen atoms in total. The zero-order valence-corrected chi connectivity index (χ0v) is 14.0. The van der Waals surface area contributed by atoms with E-state index in [1.54, 1.807) is 11.3 Å². The molecular formula is C17H17BrN2S. The van der Waals surface area contributed by atoms with Gasteiger partial charge in [-0.2, -0.15) is 0 Å². The lowest BCUT2D eigenvalue weighted by atomic mass is 9.96. The van der Waals surface area contributed by atoms with Crippen LogP contribution in [0.25, 0.3) is 10.2 Å². The summed E-state index contributed by atoms with van der Waals surface area (Å²) in [5, 5.41) is 1.18. The molecule has 0 amide bonds. The van der Waals surface area contributed by atoms with Gasteiger partial charge in [-0.3, -0.25) is 0 Å². The molecule has 0 aliphatic heterocycles. The van der Waals surface area contributed by atoms with Gasteiger partial charge in [0.2, 0.25) is 0 Å². The van der Waals surface area contributed by atoms with E-state index in [-0.39, 0.29) is 0 Å². The number of aromatic nitrogens is 1. The highest BCUT2D eigenvalue weighted by molar-refractivity contribution is 9.10. The Hall–Kier alpha value is -1.23. The number of rotatable bonds is 5. The van der Waals surface area contributed by atoms with Crippen molar-refractivity contribution < 1.29 is 0 Å². The number of hydrogen-bond donors (Lipinski definition) is 1. The number of para-hydroxylation sites is 1. The molecule has 0 spiro atoms. The summed E-state index contributed by atoms with van der Waals surface area (Å²) >= 11 is 5.39. The lowest BCUT2D eigenvalue weighted by molar-refractivity contribution is 0.531. The fraction of sp³-hybridized carbons (Fsp3) is 0.235. The van der Waals surface area contributed by atoms with Crippen LogP contribution in [-0.4, -0.2) is 11.5 Å². The standard InChI is InChI=1S/C17H17BrN2S/c18-14-6-2-1-5-13(14)9-12(11-19)10-17-20-15-7-3-4-8-16(15)21-17/h1-8,12H,9-11,19H2. The number of halogens is 1. The van der Waals surface area contributed by atoms with E-state index in [9.17, 15) is 0 Å². The van der Waals surface area contributed by atoms with E-state index in [2.05, 4.69) is 52.3 Å². The van der Waals surface area contributed by atoms with Crippen LogP contribution in [0.5, 0.6) is 0 Å². The van der Waals surface area contributed by atoms with Gasteiger partial charge >= 0.3 is 0 Å². The molecule has 3 aromatic rings. The molecule has 0 radical (unpaired) electrons. The van der Waals surface area contributed by atoms with Crippen LogP contribution in [0.2, 0.25) is 0 Å². The Bertz CT molecular complexity index is 705. The molecule has 0 aliphatic rings. The van der Waals surface area contributed by atoms with E-state index in [4.69, 9.17) is 10.7 Å². The molecule has 0 saturated heterocycles. The summed E-state index contributed by atoms with van der Waals surface area (Å²) in [6.07, 6.45) is 1.92. The topological polar surface area (TPSA) is 38.9 Å². The molecule has 2 N–H and O–H groups in total. The Kier molecular flexibility index (Phi) is 4.68. The van der Waals surface area contributed by atoms with Gasteiger partial charge in [-0.25, -0.2) is 4.98 Å². The smallest absolute Gasteiger partial charge is 0.0941 e. The van der Waals surface area contributed by atoms with E-state index in [1.807, 2.05) is 12.1 Å². The normalized spacial score (nSPS) is 12.7. The van der Waals surface area contributed by atoms with Gasteiger partial charge < -0.3 is 5.73 Å². The summed E-state index contributed by atoms with van der Waals surface area (Å²) in [5.74, 6) is 0.421. The van der Waals surface area contributed by atoms with Crippen molar-refractivity contribution in [1.82, 2.24) is 4.98 Å². The summed E-state index contributed by atoms with van der Waals surface area (Å²) < 4.78 is 2.41. The highest BCUT2D eigenvalue weighted by Gasteiger charge is 2.13. The van der Waals surface area contributed by atoms with Crippen molar-refractivity contribution in [1.29, 1.82) is 0 Å². The molecule has 0 aliphatic carbocycles. The molecule has 4 heteroatoms. The zero-order valence-electron chi connectivity index (χ0n) is 11.6. The summed E-state index contributed by atoms with van der Waals surface area (Å²) in [6, 6.07) is 16.6. The molecule has 0 saturated carbocycles. The van der Waals surface area contributed by atoms with Gasteiger partial charge in [-0.15, -0.1) is 11.3 Å². The van der Waals surface area contributed by atoms with E-state index < -0.39 is 0 Å². The molecule has 2 aromatic carbocycles. The van der Waals surface area contributed by atoms with Gasteiger partial charge in [0.25, 0.3) is 0 Å². The van der Waals surface area contributed by atoms with Crippen LogP contribution in [0.1, 0.15) is 10.6 Å². The van der Waals surface area contributed by atoms with Crippen molar-refractivity contribution in [3.05, 3.63) is 63.6 Å². The van der Waals surface area contributed by atoms with Crippen LogP contribution in [0, 0.1) is 5.92 Å². The van der Waals surface area contributed by atoms with Gasteiger partial charge in [0.05, 0.1) is 15.2 Å². The van der Waals surface area contributed by atoms with Gasteiger partial charge in [-0.1, -0.05) is 46.3 Å². The minimum absolute atomic E-state index is 0.421. The van der Waals surface area contributed by atoms with Crippen molar-refractivity contribution in [3.63, 3.8) is 0 Å². The van der Waals surface area contributed by atoms with E-state index >= 15 is 0 Å². The Morgan fingerprint density at radius 2 is 1.81 bits per heavy atom. The Morgan fingerprint density at radius 3 is 2.57 bits per heavy atom. The van der Waals surface area contributed by atoms with Crippen molar-refractivity contribution in [2.45, 2.75) is 12.8 Å². The number of nitrogens with zero attached hydrogens (tertiary/aromatic N) is 1. The summed E-state index contributed by atoms with van der Waals surface area (Å²) in [7, 11) is 0. The molecule has 3 rings (SSSR count). The number of thiazole rings is 1. The van der Waals surface area contributed by atoms with Crippen molar-refractivity contribution in [2.75, 3.05) is 6.54 Å². The molecule has 0 bridgehead atoms. The third-order valence-corrected chi connectivity index (χ3v) is 5.43. The second-order valence-corrected chi connectivity index (χ2v) is 7.15. The number of fused-ring (bicyclic) bond motifs is 1. The SMILES string of the molecule is NCC(Cc1nc2ccccc2s1)Cc1ccccc1Br. The minimum atomic E-state index is 0.421. The average molecular weight is 361 g/mol. The average Bonchev–Trinajstić information content (AvgIpc) is 2.91. The highest BCUT2D eigenvalue weighted by atomic mass is 79.9. The van der Waals surface area contributed by atoms with Crippen LogP contribution in [-0.2, 0) is 12.8 Å². The molecule has 0 fully saturated rings. The van der Waals surface area contributed by atoms with Crippen LogP contribution >= 0.6 is 27.3 Å². The third-order valence-electron chi connectivity index (χ3n) is 3.60. The first kappa shape index (κ1) is 14.7. The van der Waals surface area contributed by atoms with Crippen LogP contribution in [0.15, 0.2) is 53.0 Å². The van der Waals surface area contributed by atoms with Crippen LogP contribution in [0.3, 0.4) is 0 Å². The summed E-state index contributed by atoms with van der Waals surface area (Å²) in [5.41, 5.74) is 8.38. The molecule has 1 atom stereocenters. The Balaban J connectivity index is 1.76. The maximum atomic E-state index is 5.97. The fourth-order valence-corrected chi connectivity index (χ4v) is 4.00. The molecule has 21 heavy (non-hydrogen) atoms. The van der Waals surface area contributed by atoms with Crippen molar-refractivity contribution in [3.8, 4) is 0 Å². The monoisotopic (exact) mass is 360 g/mol. The van der Waals surface area contributed by atoms with E-state index in [0.717, 1.165) is 22.8 Å². The van der Waals surface area contributed by atoms with Gasteiger partial charge in [-0.05, 0) is 42.6 Å². The van der Waals surface area contributed by atoms with Gasteiger partial charge in [0.15, 0.2) is 0 Å². The van der Waals surface area contributed by atoms with Crippen LogP contribution in [0.4, 0.5) is 0 Å². The lowest BCUT2D eigenvalue weighted by Gasteiger charge is -2.14. The maximum absolute atomic E-state index is 5.97. The van der Waals surface area contributed by atoms with E-state index in [0.29, 0.717) is 12.5 Å². The predicted octanol–water partition coefficient (Wildman–Crippen LogP) is 4.42. The predicted molar refractivity (Wildman–Crippen MR) is 93.7 cm³/mol. The van der Waals surface area contributed by atoms with Crippen LogP contribution < -0.4 is 5.73 Å². The fourth-order valence-electron chi connectivity index (χ4n) is 2.47. The minimum Gasteiger partial charge on any atom is -0.330 e. The van der Waals surface area contributed by atoms with Gasteiger partial charge in [0.1, 0.15) is 0 Å². The highest BCUT2D eigenvalue weighted by Crippen LogP contribution is 2.26. The lowest BCUT2D eigenvalue weighted by Crippen LogP contribution is -2.19. The quantitative estimate of drug-likeness (QED) is 0.731. The number of hydrogen-bond acceptors (Lipinski definition) is 3. The van der Waals surface area contributed by atoms with Gasteiger partial charge in [0, 0.05) is 10.9 Å². The van der Waals surface area contributed by atoms with E-state index in [1.165, 1.54) is 15.3 Å². The largest absolute Gasteiger partial charge is 0.330 e. The molecule has 1 unspecified atom stereocenters. The zero-order chi connectivity index (χ0) is 14.7.